The Balaban J connectivity index is 1.25. The Morgan fingerprint density at radius 2 is 1.81 bits per heavy atom. The van der Waals surface area contributed by atoms with Crippen molar-refractivity contribution in [2.45, 2.75) is 57.2 Å². The molecule has 8 heteroatoms. The molecule has 4 unspecified atom stereocenters. The van der Waals surface area contributed by atoms with Gasteiger partial charge in [0.2, 0.25) is 11.8 Å². The molecule has 0 spiro atoms. The minimum absolute atomic E-state index is 0.123. The number of carbonyl (C=O) groups is 4. The molecule has 1 aromatic rings. The van der Waals surface area contributed by atoms with Crippen molar-refractivity contribution in [2.75, 3.05) is 13.1 Å². The van der Waals surface area contributed by atoms with E-state index in [1.54, 1.807) is 12.1 Å². The van der Waals surface area contributed by atoms with Gasteiger partial charge in [0.25, 0.3) is 11.8 Å². The molecule has 1 aromatic carbocycles. The van der Waals surface area contributed by atoms with Gasteiger partial charge in [-0.25, -0.2) is 0 Å². The van der Waals surface area contributed by atoms with Crippen LogP contribution in [0.4, 0.5) is 0 Å². The molecule has 3 N–H and O–H groups in total. The molecule has 3 aliphatic heterocycles. The third kappa shape index (κ3) is 3.78. The molecule has 8 nitrogen and oxygen atoms in total. The topological polar surface area (TPSA) is 108 Å². The molecule has 164 valence electrons. The van der Waals surface area contributed by atoms with E-state index in [9.17, 15) is 19.2 Å². The smallest absolute Gasteiger partial charge is 0.262 e. The molecule has 3 fully saturated rings. The Morgan fingerprint density at radius 3 is 2.65 bits per heavy atom. The molecule has 4 aliphatic rings. The van der Waals surface area contributed by atoms with E-state index >= 15 is 0 Å². The summed E-state index contributed by atoms with van der Waals surface area (Å²) in [6, 6.07) is 4.86. The monoisotopic (exact) mass is 424 g/mol. The lowest BCUT2D eigenvalue weighted by Crippen LogP contribution is -2.54. The predicted octanol–water partition coefficient (Wildman–Crippen LogP) is 0.956. The van der Waals surface area contributed by atoms with E-state index in [1.165, 1.54) is 25.7 Å². The molecular formula is C23H28N4O4. The fourth-order valence-corrected chi connectivity index (χ4v) is 5.61. The number of piperidine rings is 2. The second-order valence-electron chi connectivity index (χ2n) is 9.23. The highest BCUT2D eigenvalue weighted by Crippen LogP contribution is 2.34. The molecule has 0 bridgehead atoms. The average Bonchev–Trinajstić information content (AvgIpc) is 3.02. The van der Waals surface area contributed by atoms with Crippen LogP contribution in [0, 0.1) is 11.8 Å². The fraction of sp³-hybridized carbons (Fsp3) is 0.565. The summed E-state index contributed by atoms with van der Waals surface area (Å²) in [4.78, 5) is 50.4. The third-order valence-corrected chi connectivity index (χ3v) is 7.34. The van der Waals surface area contributed by atoms with E-state index < -0.39 is 23.8 Å². The molecule has 4 amide bonds. The molecular weight excluding hydrogens is 396 g/mol. The van der Waals surface area contributed by atoms with E-state index in [0.717, 1.165) is 35.4 Å². The van der Waals surface area contributed by atoms with Crippen LogP contribution < -0.4 is 16.0 Å². The van der Waals surface area contributed by atoms with Crippen LogP contribution in [0.25, 0.3) is 0 Å². The first-order valence-electron chi connectivity index (χ1n) is 11.3. The summed E-state index contributed by atoms with van der Waals surface area (Å²) in [5.74, 6) is -0.283. The van der Waals surface area contributed by atoms with E-state index in [2.05, 4.69) is 16.0 Å². The van der Waals surface area contributed by atoms with Crippen LogP contribution in [-0.4, -0.2) is 53.7 Å². The highest BCUT2D eigenvalue weighted by molar-refractivity contribution is 6.23. The quantitative estimate of drug-likeness (QED) is 0.622. The highest BCUT2D eigenvalue weighted by Gasteiger charge is 2.44. The average molecular weight is 425 g/mol. The summed E-state index contributed by atoms with van der Waals surface area (Å²) in [7, 11) is 0. The van der Waals surface area contributed by atoms with Crippen molar-refractivity contribution in [2.24, 2.45) is 11.8 Å². The largest absolute Gasteiger partial charge is 0.316 e. The fourth-order valence-electron chi connectivity index (χ4n) is 5.61. The van der Waals surface area contributed by atoms with Crippen LogP contribution in [0.2, 0.25) is 0 Å². The minimum Gasteiger partial charge on any atom is -0.316 e. The first-order chi connectivity index (χ1) is 15.0. The lowest BCUT2D eigenvalue weighted by Gasteiger charge is -2.40. The number of nitrogens with one attached hydrogen (secondary N) is 3. The number of hydrogen-bond donors (Lipinski definition) is 3. The van der Waals surface area contributed by atoms with Crippen molar-refractivity contribution in [3.63, 3.8) is 0 Å². The number of amides is 4. The van der Waals surface area contributed by atoms with Crippen molar-refractivity contribution in [3.8, 4) is 0 Å². The van der Waals surface area contributed by atoms with Gasteiger partial charge >= 0.3 is 0 Å². The van der Waals surface area contributed by atoms with Crippen molar-refractivity contribution in [1.82, 2.24) is 20.9 Å². The van der Waals surface area contributed by atoms with Gasteiger partial charge in [0.05, 0.1) is 11.1 Å². The molecule has 0 radical (unpaired) electrons. The van der Waals surface area contributed by atoms with Gasteiger partial charge in [0, 0.05) is 19.0 Å². The van der Waals surface area contributed by atoms with Gasteiger partial charge in [-0.1, -0.05) is 6.07 Å². The summed E-state index contributed by atoms with van der Waals surface area (Å²) in [5.41, 5.74) is 1.62. The summed E-state index contributed by atoms with van der Waals surface area (Å²) in [6.45, 7) is 2.88. The number of imide groups is 2. The maximum Gasteiger partial charge on any atom is 0.262 e. The third-order valence-electron chi connectivity index (χ3n) is 7.34. The minimum atomic E-state index is -0.925. The van der Waals surface area contributed by atoms with Crippen molar-refractivity contribution >= 4 is 23.6 Å². The Kier molecular flexibility index (Phi) is 5.35. The summed E-state index contributed by atoms with van der Waals surface area (Å²) >= 11 is 0. The second-order valence-corrected chi connectivity index (χ2v) is 9.23. The van der Waals surface area contributed by atoms with Crippen molar-refractivity contribution in [3.05, 3.63) is 34.9 Å². The van der Waals surface area contributed by atoms with E-state index in [4.69, 9.17) is 0 Å². The number of hydrogen-bond acceptors (Lipinski definition) is 6. The second kappa shape index (κ2) is 8.16. The van der Waals surface area contributed by atoms with Crippen LogP contribution in [0.1, 0.15) is 64.8 Å². The van der Waals surface area contributed by atoms with E-state index in [1.807, 2.05) is 6.07 Å². The highest BCUT2D eigenvalue weighted by atomic mass is 16.2. The molecule has 5 rings (SSSR count). The zero-order chi connectivity index (χ0) is 21.5. The van der Waals surface area contributed by atoms with E-state index in [-0.39, 0.29) is 18.7 Å². The zero-order valence-electron chi connectivity index (χ0n) is 17.5. The summed E-state index contributed by atoms with van der Waals surface area (Å²) in [6.07, 6.45) is 5.18. The standard InChI is InChI=1S/C23H28N4O4/c28-20-6-5-19(21(29)26-20)27-22(30)17-4-1-13(9-18(17)23(27)31)11-25-16-3-2-14-7-8-24-12-15(14)10-16/h1,4,9,14-16,19,24-25H,2-3,5-8,10-12H2,(H,26,28,29). The normalized spacial score (nSPS) is 30.8. The molecule has 3 heterocycles. The van der Waals surface area contributed by atoms with Gasteiger partial charge in [-0.05, 0) is 74.7 Å². The molecule has 31 heavy (non-hydrogen) atoms. The van der Waals surface area contributed by atoms with Gasteiger partial charge in [-0.15, -0.1) is 0 Å². The van der Waals surface area contributed by atoms with E-state index in [0.29, 0.717) is 23.7 Å². The van der Waals surface area contributed by atoms with Gasteiger partial charge in [-0.2, -0.15) is 0 Å². The lowest BCUT2D eigenvalue weighted by atomic mass is 9.73. The lowest BCUT2D eigenvalue weighted by molar-refractivity contribution is -0.136. The maximum absolute atomic E-state index is 13.0. The zero-order valence-corrected chi connectivity index (χ0v) is 17.5. The predicted molar refractivity (Wildman–Crippen MR) is 112 cm³/mol. The molecule has 4 atom stereocenters. The van der Waals surface area contributed by atoms with Crippen molar-refractivity contribution in [1.29, 1.82) is 0 Å². The summed E-state index contributed by atoms with van der Waals surface area (Å²) in [5, 5.41) is 9.36. The van der Waals surface area contributed by atoms with Crippen LogP contribution in [0.5, 0.6) is 0 Å². The van der Waals surface area contributed by atoms with Crippen LogP contribution in [0.3, 0.4) is 0 Å². The van der Waals surface area contributed by atoms with Crippen LogP contribution in [-0.2, 0) is 16.1 Å². The maximum atomic E-state index is 13.0. The van der Waals surface area contributed by atoms with Crippen molar-refractivity contribution < 1.29 is 19.2 Å². The van der Waals surface area contributed by atoms with Gasteiger partial charge in [-0.3, -0.25) is 29.4 Å². The van der Waals surface area contributed by atoms with Gasteiger partial charge < -0.3 is 10.6 Å². The number of nitrogens with zero attached hydrogens (tertiary/aromatic N) is 1. The number of fused-ring (bicyclic) bond motifs is 2. The van der Waals surface area contributed by atoms with Crippen LogP contribution >= 0.6 is 0 Å². The van der Waals surface area contributed by atoms with Crippen LogP contribution in [0.15, 0.2) is 18.2 Å². The summed E-state index contributed by atoms with van der Waals surface area (Å²) < 4.78 is 0. The van der Waals surface area contributed by atoms with Gasteiger partial charge in [0.1, 0.15) is 6.04 Å². The molecule has 0 aromatic heterocycles. The Labute approximate surface area is 181 Å². The number of rotatable bonds is 4. The first-order valence-corrected chi connectivity index (χ1v) is 11.3. The Bertz CT molecular complexity index is 946. The Hall–Kier alpha value is -2.58. The Morgan fingerprint density at radius 1 is 0.968 bits per heavy atom. The van der Waals surface area contributed by atoms with Gasteiger partial charge in [0.15, 0.2) is 0 Å². The molecule has 1 aliphatic carbocycles. The molecule has 2 saturated heterocycles. The number of benzene rings is 1. The SMILES string of the molecule is O=C1CCC(N2C(=O)c3ccc(CNC4CCC5CCNCC5C4)cc3C2=O)C(=O)N1. The number of carbonyl (C=O) groups excluding carboxylic acids is 4. The first kappa shape index (κ1) is 20.3. The molecule has 1 saturated carbocycles.